The number of rotatable bonds is 3. The number of nitrogens with one attached hydrogen (secondary N) is 1. The van der Waals surface area contributed by atoms with E-state index in [4.69, 9.17) is 5.73 Å². The maximum Gasteiger partial charge on any atom is 0.236 e. The minimum atomic E-state index is -0.0636. The largest absolute Gasteiger partial charge is 0.358 e. The van der Waals surface area contributed by atoms with Crippen molar-refractivity contribution < 1.29 is 4.79 Å². The van der Waals surface area contributed by atoms with Crippen molar-refractivity contribution in [2.75, 3.05) is 20.1 Å². The number of nitrogens with zero attached hydrogens (tertiary/aromatic N) is 1. The second kappa shape index (κ2) is 5.47. The standard InChI is InChI=1S/C11H23N3O/c1-8-5-4-6-14(10(8)7-12)9(2)11(15)13-3/h8-10H,4-7,12H2,1-3H3,(H,13,15). The van der Waals surface area contributed by atoms with Gasteiger partial charge < -0.3 is 11.1 Å². The summed E-state index contributed by atoms with van der Waals surface area (Å²) in [6.45, 7) is 5.81. The SMILES string of the molecule is CNC(=O)C(C)N1CCCC(C)C1CN. The van der Waals surface area contributed by atoms with Crippen molar-refractivity contribution in [1.82, 2.24) is 10.2 Å². The van der Waals surface area contributed by atoms with Crippen LogP contribution in [-0.4, -0.2) is 43.0 Å². The molecule has 0 spiro atoms. The third-order valence-electron chi connectivity index (χ3n) is 3.52. The van der Waals surface area contributed by atoms with Crippen molar-refractivity contribution in [3.05, 3.63) is 0 Å². The maximum atomic E-state index is 11.6. The fraction of sp³-hybridized carbons (Fsp3) is 0.909. The van der Waals surface area contributed by atoms with Crippen LogP contribution in [0.2, 0.25) is 0 Å². The second-order valence-corrected chi connectivity index (χ2v) is 4.45. The van der Waals surface area contributed by atoms with E-state index in [0.717, 1.165) is 6.54 Å². The normalized spacial score (nSPS) is 29.9. The first-order valence-electron chi connectivity index (χ1n) is 5.79. The molecule has 1 aliphatic heterocycles. The average Bonchev–Trinajstić information content (AvgIpc) is 2.26. The highest BCUT2D eigenvalue weighted by molar-refractivity contribution is 5.81. The zero-order valence-electron chi connectivity index (χ0n) is 9.99. The molecule has 1 amide bonds. The molecule has 0 bridgehead atoms. The number of likely N-dealkylation sites (tertiary alicyclic amines) is 1. The molecule has 3 atom stereocenters. The molecular weight excluding hydrogens is 190 g/mol. The van der Waals surface area contributed by atoms with Gasteiger partial charge in [0, 0.05) is 19.6 Å². The van der Waals surface area contributed by atoms with Gasteiger partial charge in [0.25, 0.3) is 0 Å². The Morgan fingerprint density at radius 1 is 1.67 bits per heavy atom. The Balaban J connectivity index is 2.68. The predicted molar refractivity (Wildman–Crippen MR) is 61.5 cm³/mol. The Hall–Kier alpha value is -0.610. The Morgan fingerprint density at radius 3 is 2.87 bits per heavy atom. The first kappa shape index (κ1) is 12.5. The van der Waals surface area contributed by atoms with Gasteiger partial charge in [0.1, 0.15) is 0 Å². The maximum absolute atomic E-state index is 11.6. The van der Waals surface area contributed by atoms with E-state index in [1.807, 2.05) is 6.92 Å². The fourth-order valence-corrected chi connectivity index (χ4v) is 2.49. The summed E-state index contributed by atoms with van der Waals surface area (Å²) < 4.78 is 0. The van der Waals surface area contributed by atoms with Crippen molar-refractivity contribution in [1.29, 1.82) is 0 Å². The molecule has 0 aliphatic carbocycles. The van der Waals surface area contributed by atoms with Crippen LogP contribution in [0.15, 0.2) is 0 Å². The summed E-state index contributed by atoms with van der Waals surface area (Å²) in [7, 11) is 1.68. The molecule has 15 heavy (non-hydrogen) atoms. The van der Waals surface area contributed by atoms with Crippen LogP contribution in [0.4, 0.5) is 0 Å². The summed E-state index contributed by atoms with van der Waals surface area (Å²) in [5.41, 5.74) is 5.79. The van der Waals surface area contributed by atoms with E-state index < -0.39 is 0 Å². The van der Waals surface area contributed by atoms with Crippen LogP contribution in [0, 0.1) is 5.92 Å². The van der Waals surface area contributed by atoms with Gasteiger partial charge in [-0.15, -0.1) is 0 Å². The van der Waals surface area contributed by atoms with Gasteiger partial charge in [-0.25, -0.2) is 0 Å². The van der Waals surface area contributed by atoms with E-state index >= 15 is 0 Å². The highest BCUT2D eigenvalue weighted by Gasteiger charge is 2.32. The lowest BCUT2D eigenvalue weighted by molar-refractivity contribution is -0.127. The van der Waals surface area contributed by atoms with Gasteiger partial charge in [-0.2, -0.15) is 0 Å². The third-order valence-corrected chi connectivity index (χ3v) is 3.52. The third kappa shape index (κ3) is 2.69. The molecule has 1 fully saturated rings. The van der Waals surface area contributed by atoms with Gasteiger partial charge in [-0.1, -0.05) is 6.92 Å². The second-order valence-electron chi connectivity index (χ2n) is 4.45. The fourth-order valence-electron chi connectivity index (χ4n) is 2.49. The lowest BCUT2D eigenvalue weighted by Crippen LogP contribution is -2.56. The van der Waals surface area contributed by atoms with Gasteiger partial charge in [-0.3, -0.25) is 9.69 Å². The van der Waals surface area contributed by atoms with E-state index in [1.54, 1.807) is 7.05 Å². The number of amides is 1. The predicted octanol–water partition coefficient (Wildman–Crippen LogP) is 0.180. The number of hydrogen-bond donors (Lipinski definition) is 2. The zero-order chi connectivity index (χ0) is 11.4. The summed E-state index contributed by atoms with van der Waals surface area (Å²) in [6.07, 6.45) is 2.39. The summed E-state index contributed by atoms with van der Waals surface area (Å²) in [6, 6.07) is 0.289. The van der Waals surface area contributed by atoms with Crippen LogP contribution in [0.5, 0.6) is 0 Å². The first-order valence-corrected chi connectivity index (χ1v) is 5.79. The van der Waals surface area contributed by atoms with Crippen LogP contribution in [0.25, 0.3) is 0 Å². The number of carbonyl (C=O) groups is 1. The quantitative estimate of drug-likeness (QED) is 0.703. The van der Waals surface area contributed by atoms with Crippen molar-refractivity contribution in [3.63, 3.8) is 0 Å². The molecule has 1 heterocycles. The molecular formula is C11H23N3O. The summed E-state index contributed by atoms with van der Waals surface area (Å²) >= 11 is 0. The van der Waals surface area contributed by atoms with Crippen molar-refractivity contribution in [2.45, 2.75) is 38.8 Å². The average molecular weight is 213 g/mol. The zero-order valence-corrected chi connectivity index (χ0v) is 9.99. The topological polar surface area (TPSA) is 58.4 Å². The number of nitrogens with two attached hydrogens (primary N) is 1. The summed E-state index contributed by atoms with van der Waals surface area (Å²) in [4.78, 5) is 13.8. The van der Waals surface area contributed by atoms with Crippen LogP contribution < -0.4 is 11.1 Å². The lowest BCUT2D eigenvalue weighted by Gasteiger charge is -2.42. The Bertz CT molecular complexity index is 220. The molecule has 1 rings (SSSR count). The Morgan fingerprint density at radius 2 is 2.33 bits per heavy atom. The number of hydrogen-bond acceptors (Lipinski definition) is 3. The molecule has 3 N–H and O–H groups in total. The number of carbonyl (C=O) groups excluding carboxylic acids is 1. The monoisotopic (exact) mass is 213 g/mol. The van der Waals surface area contributed by atoms with Crippen LogP contribution in [0.1, 0.15) is 26.7 Å². The lowest BCUT2D eigenvalue weighted by atomic mass is 9.89. The number of piperidine rings is 1. The summed E-state index contributed by atoms with van der Waals surface area (Å²) in [5.74, 6) is 0.679. The molecule has 1 saturated heterocycles. The molecule has 0 aromatic carbocycles. The van der Waals surface area contributed by atoms with E-state index in [-0.39, 0.29) is 11.9 Å². The van der Waals surface area contributed by atoms with Gasteiger partial charge in [0.05, 0.1) is 6.04 Å². The molecule has 0 radical (unpaired) electrons. The van der Waals surface area contributed by atoms with E-state index in [9.17, 15) is 4.79 Å². The Kier molecular flexibility index (Phi) is 4.54. The smallest absolute Gasteiger partial charge is 0.236 e. The number of likely N-dealkylation sites (N-methyl/N-ethyl adjacent to an activating group) is 1. The molecule has 1 aliphatic rings. The van der Waals surface area contributed by atoms with Crippen molar-refractivity contribution >= 4 is 5.91 Å². The van der Waals surface area contributed by atoms with Gasteiger partial charge in [0.2, 0.25) is 5.91 Å². The summed E-state index contributed by atoms with van der Waals surface area (Å²) in [5, 5.41) is 2.70. The van der Waals surface area contributed by atoms with E-state index in [2.05, 4.69) is 17.1 Å². The Labute approximate surface area is 92.2 Å². The van der Waals surface area contributed by atoms with Crippen LogP contribution in [0.3, 0.4) is 0 Å². The molecule has 4 heteroatoms. The van der Waals surface area contributed by atoms with Gasteiger partial charge in [-0.05, 0) is 32.2 Å². The molecule has 0 saturated carbocycles. The minimum Gasteiger partial charge on any atom is -0.358 e. The molecule has 3 unspecified atom stereocenters. The molecule has 4 nitrogen and oxygen atoms in total. The minimum absolute atomic E-state index is 0.0636. The van der Waals surface area contributed by atoms with Crippen molar-refractivity contribution in [2.24, 2.45) is 11.7 Å². The van der Waals surface area contributed by atoms with Crippen molar-refractivity contribution in [3.8, 4) is 0 Å². The highest BCUT2D eigenvalue weighted by Crippen LogP contribution is 2.24. The molecule has 88 valence electrons. The van der Waals surface area contributed by atoms with Gasteiger partial charge >= 0.3 is 0 Å². The van der Waals surface area contributed by atoms with E-state index in [1.165, 1.54) is 12.8 Å². The first-order chi connectivity index (χ1) is 7.11. The molecule has 0 aromatic rings. The highest BCUT2D eigenvalue weighted by atomic mass is 16.2. The van der Waals surface area contributed by atoms with Crippen LogP contribution >= 0.6 is 0 Å². The van der Waals surface area contributed by atoms with Crippen LogP contribution in [-0.2, 0) is 4.79 Å². The van der Waals surface area contributed by atoms with E-state index in [0.29, 0.717) is 18.5 Å². The van der Waals surface area contributed by atoms with Gasteiger partial charge in [0.15, 0.2) is 0 Å². The molecule has 0 aromatic heterocycles.